The molecule has 0 heterocycles. The van der Waals surface area contributed by atoms with E-state index in [0.29, 0.717) is 33.2 Å². The van der Waals surface area contributed by atoms with Crippen molar-refractivity contribution in [3.8, 4) is 5.75 Å². The lowest BCUT2D eigenvalue weighted by Crippen LogP contribution is -2.47. The summed E-state index contributed by atoms with van der Waals surface area (Å²) in [6, 6.07) is 8.94. The first-order valence-electron chi connectivity index (χ1n) is 8.99. The molecule has 0 fully saturated rings. The van der Waals surface area contributed by atoms with Gasteiger partial charge in [0.1, 0.15) is 17.4 Å². The second-order valence-corrected chi connectivity index (χ2v) is 8.45. The van der Waals surface area contributed by atoms with Gasteiger partial charge in [-0.15, -0.1) is 0 Å². The summed E-state index contributed by atoms with van der Waals surface area (Å²) in [4.78, 5) is 24.0. The van der Waals surface area contributed by atoms with Crippen molar-refractivity contribution in [1.82, 2.24) is 5.32 Å². The van der Waals surface area contributed by atoms with Gasteiger partial charge in [0.15, 0.2) is 0 Å². The number of benzene rings is 2. The van der Waals surface area contributed by atoms with Crippen LogP contribution >= 0.6 is 23.2 Å². The minimum absolute atomic E-state index is 0.0580. The minimum Gasteiger partial charge on any atom is -0.508 e. The molecule has 6 nitrogen and oxygen atoms in total. The second-order valence-electron chi connectivity index (χ2n) is 7.64. The SMILES string of the molecule is CC(C)(C)OC(=O)N[C@@H](Cc1ccc(O)cc1Cc1c(Cl)cccc1Cl)C(N)=O. The summed E-state index contributed by atoms with van der Waals surface area (Å²) in [5.41, 5.74) is 6.87. The zero-order valence-corrected chi connectivity index (χ0v) is 18.0. The van der Waals surface area contributed by atoms with Crippen LogP contribution in [0.4, 0.5) is 4.79 Å². The van der Waals surface area contributed by atoms with Crippen LogP contribution in [-0.2, 0) is 22.4 Å². The molecule has 2 aromatic carbocycles. The maximum atomic E-state index is 12.1. The molecule has 0 saturated carbocycles. The van der Waals surface area contributed by atoms with Gasteiger partial charge in [0.05, 0.1) is 0 Å². The Morgan fingerprint density at radius 3 is 2.31 bits per heavy atom. The van der Waals surface area contributed by atoms with Crippen LogP contribution in [0.3, 0.4) is 0 Å². The molecule has 2 amide bonds. The molecule has 0 bridgehead atoms. The molecule has 0 radical (unpaired) electrons. The van der Waals surface area contributed by atoms with E-state index in [2.05, 4.69) is 5.32 Å². The normalized spacial score (nSPS) is 12.3. The molecule has 0 aliphatic carbocycles. The van der Waals surface area contributed by atoms with E-state index in [1.165, 1.54) is 6.07 Å². The summed E-state index contributed by atoms with van der Waals surface area (Å²) < 4.78 is 5.20. The van der Waals surface area contributed by atoms with E-state index in [0.717, 1.165) is 0 Å². The van der Waals surface area contributed by atoms with Crippen LogP contribution < -0.4 is 11.1 Å². The van der Waals surface area contributed by atoms with E-state index < -0.39 is 23.6 Å². The molecule has 8 heteroatoms. The summed E-state index contributed by atoms with van der Waals surface area (Å²) in [5, 5.41) is 13.4. The van der Waals surface area contributed by atoms with Gasteiger partial charge in [-0.3, -0.25) is 4.79 Å². The van der Waals surface area contributed by atoms with Crippen LogP contribution in [0.15, 0.2) is 36.4 Å². The van der Waals surface area contributed by atoms with Gasteiger partial charge >= 0.3 is 6.09 Å². The summed E-state index contributed by atoms with van der Waals surface area (Å²) in [5.74, 6) is -0.645. The highest BCUT2D eigenvalue weighted by molar-refractivity contribution is 6.36. The zero-order chi connectivity index (χ0) is 21.8. The van der Waals surface area contributed by atoms with E-state index in [-0.39, 0.29) is 12.2 Å². The Morgan fingerprint density at radius 1 is 1.14 bits per heavy atom. The van der Waals surface area contributed by atoms with Crippen LogP contribution in [0.5, 0.6) is 5.75 Å². The number of halogens is 2. The number of amides is 2. The lowest BCUT2D eigenvalue weighted by atomic mass is 9.94. The van der Waals surface area contributed by atoms with Gasteiger partial charge in [0, 0.05) is 22.9 Å². The number of nitrogens with one attached hydrogen (secondary N) is 1. The number of primary amides is 1. The van der Waals surface area contributed by atoms with E-state index in [4.69, 9.17) is 33.7 Å². The lowest BCUT2D eigenvalue weighted by molar-refractivity contribution is -0.120. The third-order valence-corrected chi connectivity index (χ3v) is 4.79. The van der Waals surface area contributed by atoms with Crippen LogP contribution in [0.2, 0.25) is 10.0 Å². The molecule has 4 N–H and O–H groups in total. The van der Waals surface area contributed by atoms with Crippen molar-refractivity contribution in [3.63, 3.8) is 0 Å². The molecular formula is C21H24Cl2N2O4. The number of rotatable bonds is 6. The number of aromatic hydroxyl groups is 1. The lowest BCUT2D eigenvalue weighted by Gasteiger charge is -2.23. The van der Waals surface area contributed by atoms with Gasteiger partial charge in [-0.1, -0.05) is 35.3 Å². The number of hydrogen-bond donors (Lipinski definition) is 3. The molecule has 0 aliphatic rings. The Kier molecular flexibility index (Phi) is 7.38. The standard InChI is InChI=1S/C21H24Cl2N2O4/c1-21(2,3)29-20(28)25-18(19(24)27)11-12-7-8-14(26)9-13(12)10-15-16(22)5-4-6-17(15)23/h4-9,18,26H,10-11H2,1-3H3,(H2,24,27)(H,25,28)/t18-/m0/s1. The average molecular weight is 439 g/mol. The first-order valence-corrected chi connectivity index (χ1v) is 9.74. The molecule has 0 saturated heterocycles. The Balaban J connectivity index is 2.29. The molecular weight excluding hydrogens is 415 g/mol. The molecule has 0 unspecified atom stereocenters. The van der Waals surface area contributed by atoms with Gasteiger partial charge < -0.3 is 20.9 Å². The van der Waals surface area contributed by atoms with Crippen LogP contribution in [0.25, 0.3) is 0 Å². The van der Waals surface area contributed by atoms with Crippen molar-refractivity contribution in [1.29, 1.82) is 0 Å². The highest BCUT2D eigenvalue weighted by Crippen LogP contribution is 2.29. The van der Waals surface area contributed by atoms with Crippen molar-refractivity contribution in [2.24, 2.45) is 5.73 Å². The van der Waals surface area contributed by atoms with E-state index in [1.54, 1.807) is 51.1 Å². The summed E-state index contributed by atoms with van der Waals surface area (Å²) in [6.45, 7) is 5.16. The van der Waals surface area contributed by atoms with E-state index in [1.807, 2.05) is 0 Å². The molecule has 0 spiro atoms. The number of phenols is 1. The Hall–Kier alpha value is -2.44. The highest BCUT2D eigenvalue weighted by Gasteiger charge is 2.24. The maximum Gasteiger partial charge on any atom is 0.408 e. The monoisotopic (exact) mass is 438 g/mol. The van der Waals surface area contributed by atoms with Crippen molar-refractivity contribution in [2.75, 3.05) is 0 Å². The largest absolute Gasteiger partial charge is 0.508 e. The molecule has 1 atom stereocenters. The molecule has 29 heavy (non-hydrogen) atoms. The van der Waals surface area contributed by atoms with Crippen LogP contribution in [0.1, 0.15) is 37.5 Å². The molecule has 0 aliphatic heterocycles. The molecule has 156 valence electrons. The van der Waals surface area contributed by atoms with Gasteiger partial charge in [-0.25, -0.2) is 4.79 Å². The number of phenolic OH excluding ortho intramolecular Hbond substituents is 1. The van der Waals surface area contributed by atoms with Gasteiger partial charge in [0.2, 0.25) is 5.91 Å². The maximum absolute atomic E-state index is 12.1. The summed E-state index contributed by atoms with van der Waals surface area (Å²) >= 11 is 12.5. The second kappa shape index (κ2) is 9.37. The summed E-state index contributed by atoms with van der Waals surface area (Å²) in [6.07, 6.45) is -0.289. The van der Waals surface area contributed by atoms with Crippen LogP contribution in [0, 0.1) is 0 Å². The number of hydrogen-bond acceptors (Lipinski definition) is 4. The third-order valence-electron chi connectivity index (χ3n) is 4.08. The summed E-state index contributed by atoms with van der Waals surface area (Å²) in [7, 11) is 0. The smallest absolute Gasteiger partial charge is 0.408 e. The topological polar surface area (TPSA) is 102 Å². The van der Waals surface area contributed by atoms with Gasteiger partial charge in [-0.05, 0) is 61.7 Å². The van der Waals surface area contributed by atoms with E-state index in [9.17, 15) is 14.7 Å². The first-order chi connectivity index (χ1) is 13.5. The molecule has 2 rings (SSSR count). The predicted molar refractivity (Wildman–Crippen MR) is 113 cm³/mol. The quantitative estimate of drug-likeness (QED) is 0.628. The Bertz CT molecular complexity index is 890. The number of nitrogens with two attached hydrogens (primary N) is 1. The predicted octanol–water partition coefficient (Wildman–Crippen LogP) is 4.21. The Morgan fingerprint density at radius 2 is 1.76 bits per heavy atom. The van der Waals surface area contributed by atoms with Gasteiger partial charge in [-0.2, -0.15) is 0 Å². The fraction of sp³-hybridized carbons (Fsp3) is 0.333. The fourth-order valence-corrected chi connectivity index (χ4v) is 3.29. The van der Waals surface area contributed by atoms with E-state index >= 15 is 0 Å². The van der Waals surface area contributed by atoms with Crippen LogP contribution in [-0.4, -0.2) is 28.7 Å². The Labute approximate surface area is 180 Å². The number of carbonyl (C=O) groups is 2. The molecule has 0 aromatic heterocycles. The molecule has 2 aromatic rings. The number of ether oxygens (including phenoxy) is 1. The average Bonchev–Trinajstić information content (AvgIpc) is 2.58. The number of alkyl carbamates (subject to hydrolysis) is 1. The van der Waals surface area contributed by atoms with Crippen molar-refractivity contribution >= 4 is 35.2 Å². The zero-order valence-electron chi connectivity index (χ0n) is 16.5. The first kappa shape index (κ1) is 22.8. The van der Waals surface area contributed by atoms with Crippen molar-refractivity contribution < 1.29 is 19.4 Å². The minimum atomic E-state index is -0.991. The fourth-order valence-electron chi connectivity index (χ4n) is 2.76. The van der Waals surface area contributed by atoms with Crippen molar-refractivity contribution in [2.45, 2.75) is 45.3 Å². The highest BCUT2D eigenvalue weighted by atomic mass is 35.5. The third kappa shape index (κ3) is 6.84. The van der Waals surface area contributed by atoms with Gasteiger partial charge in [0.25, 0.3) is 0 Å². The number of carbonyl (C=O) groups excluding carboxylic acids is 2. The van der Waals surface area contributed by atoms with Crippen molar-refractivity contribution in [3.05, 3.63) is 63.1 Å².